The maximum Gasteiger partial charge on any atom is 0.337 e. The maximum atomic E-state index is 11.4. The summed E-state index contributed by atoms with van der Waals surface area (Å²) in [5.41, 5.74) is 1.12. The quantitative estimate of drug-likeness (QED) is 0.842. The summed E-state index contributed by atoms with van der Waals surface area (Å²) in [4.78, 5) is 24.0. The highest BCUT2D eigenvalue weighted by atomic mass is 16.4. The Hall–Kier alpha value is -2.64. The number of carbonyl (C=O) groups excluding carboxylic acids is 1. The number of carboxylic acid groups (broad SMARTS) is 1. The second-order valence-electron chi connectivity index (χ2n) is 4.42. The molecule has 0 spiro atoms. The predicted octanol–water partition coefficient (Wildman–Crippen LogP) is 0.401. The molecule has 0 radical (unpaired) electrons. The van der Waals surface area contributed by atoms with Crippen LogP contribution in [0.5, 0.6) is 0 Å². The minimum absolute atomic E-state index is 0.145. The van der Waals surface area contributed by atoms with Crippen LogP contribution in [-0.2, 0) is 6.54 Å². The van der Waals surface area contributed by atoms with Crippen LogP contribution in [0.3, 0.4) is 0 Å². The molecule has 0 fully saturated rings. The molecule has 8 heteroatoms. The molecule has 8 nitrogen and oxygen atoms in total. The first-order chi connectivity index (χ1) is 9.50. The smallest absolute Gasteiger partial charge is 0.337 e. The van der Waals surface area contributed by atoms with Gasteiger partial charge in [0.15, 0.2) is 0 Å². The number of aromatic carboxylic acids is 1. The van der Waals surface area contributed by atoms with E-state index in [2.05, 4.69) is 15.6 Å². The Balaban J connectivity index is 2.19. The number of carboxylic acids is 1. The molecule has 0 aliphatic heterocycles. The summed E-state index contributed by atoms with van der Waals surface area (Å²) in [7, 11) is 3.28. The highest BCUT2D eigenvalue weighted by molar-refractivity contribution is 6.00. The van der Waals surface area contributed by atoms with Gasteiger partial charge < -0.3 is 15.3 Å². The molecule has 2 N–H and O–H groups in total. The van der Waals surface area contributed by atoms with Crippen LogP contribution in [0.2, 0.25) is 0 Å². The van der Waals surface area contributed by atoms with E-state index in [9.17, 15) is 9.59 Å². The van der Waals surface area contributed by atoms with Gasteiger partial charge in [-0.2, -0.15) is 0 Å². The normalized spacial score (nSPS) is 10.5. The third-order valence-electron chi connectivity index (χ3n) is 2.77. The molecule has 0 bridgehead atoms. The lowest BCUT2D eigenvalue weighted by Gasteiger charge is -2.12. The average molecular weight is 277 g/mol. The van der Waals surface area contributed by atoms with E-state index in [1.807, 2.05) is 0 Å². The number of rotatable bonds is 4. The van der Waals surface area contributed by atoms with Gasteiger partial charge in [0.1, 0.15) is 11.0 Å². The molecule has 1 heterocycles. The highest BCUT2D eigenvalue weighted by Gasteiger charge is 2.14. The number of carbonyl (C=O) groups is 2. The molecule has 0 saturated heterocycles. The fourth-order valence-corrected chi connectivity index (χ4v) is 1.79. The Bertz CT molecular complexity index is 650. The van der Waals surface area contributed by atoms with Gasteiger partial charge in [0.2, 0.25) is 0 Å². The number of fused-ring (bicyclic) bond motifs is 1. The second kappa shape index (κ2) is 5.55. The Kier molecular flexibility index (Phi) is 3.83. The molecule has 0 aliphatic rings. The van der Waals surface area contributed by atoms with Crippen molar-refractivity contribution >= 4 is 23.0 Å². The van der Waals surface area contributed by atoms with Crippen molar-refractivity contribution in [2.24, 2.45) is 0 Å². The number of hydrogen-bond donors (Lipinski definition) is 2. The first kappa shape index (κ1) is 13.8. The van der Waals surface area contributed by atoms with Gasteiger partial charge in [-0.05, 0) is 12.1 Å². The van der Waals surface area contributed by atoms with Gasteiger partial charge >= 0.3 is 12.0 Å². The molecule has 106 valence electrons. The number of hydrogen-bond acceptors (Lipinski definition) is 4. The molecule has 0 saturated carbocycles. The Morgan fingerprint density at radius 3 is 2.80 bits per heavy atom. The molecular formula is C12H15N5O3. The van der Waals surface area contributed by atoms with Crippen LogP contribution in [0.25, 0.3) is 11.0 Å². The number of para-hydroxylation sites is 1. The second-order valence-corrected chi connectivity index (χ2v) is 4.42. The van der Waals surface area contributed by atoms with Crippen molar-refractivity contribution in [2.75, 3.05) is 20.6 Å². The topological polar surface area (TPSA) is 100 Å². The maximum absolute atomic E-state index is 11.4. The van der Waals surface area contributed by atoms with E-state index in [1.54, 1.807) is 26.2 Å². The SMILES string of the molecule is CN(C)C(=O)NCCn1nnc2cccc(C(=O)O)c21. The van der Waals surface area contributed by atoms with Crippen LogP contribution in [0.1, 0.15) is 10.4 Å². The predicted molar refractivity (Wildman–Crippen MR) is 71.6 cm³/mol. The molecule has 20 heavy (non-hydrogen) atoms. The van der Waals surface area contributed by atoms with Gasteiger partial charge in [-0.1, -0.05) is 11.3 Å². The summed E-state index contributed by atoms with van der Waals surface area (Å²) in [5.74, 6) is -1.03. The largest absolute Gasteiger partial charge is 0.478 e. The lowest BCUT2D eigenvalue weighted by Crippen LogP contribution is -2.36. The third-order valence-corrected chi connectivity index (χ3v) is 2.77. The van der Waals surface area contributed by atoms with E-state index in [0.29, 0.717) is 24.1 Å². The van der Waals surface area contributed by atoms with Crippen molar-refractivity contribution in [3.63, 3.8) is 0 Å². The zero-order chi connectivity index (χ0) is 14.7. The van der Waals surface area contributed by atoms with Gasteiger partial charge in [-0.15, -0.1) is 5.10 Å². The number of benzene rings is 1. The van der Waals surface area contributed by atoms with Crippen LogP contribution >= 0.6 is 0 Å². The van der Waals surface area contributed by atoms with E-state index < -0.39 is 5.97 Å². The molecule has 2 rings (SSSR count). The van der Waals surface area contributed by atoms with Gasteiger partial charge in [0.25, 0.3) is 0 Å². The lowest BCUT2D eigenvalue weighted by atomic mass is 10.2. The van der Waals surface area contributed by atoms with Crippen LogP contribution in [0.4, 0.5) is 4.79 Å². The summed E-state index contributed by atoms with van der Waals surface area (Å²) < 4.78 is 1.48. The molecular weight excluding hydrogens is 262 g/mol. The first-order valence-corrected chi connectivity index (χ1v) is 6.01. The van der Waals surface area contributed by atoms with Crippen LogP contribution in [0.15, 0.2) is 18.2 Å². The summed E-state index contributed by atoms with van der Waals surface area (Å²) in [6, 6.07) is 4.61. The Labute approximate surface area is 115 Å². The summed E-state index contributed by atoms with van der Waals surface area (Å²) >= 11 is 0. The number of nitrogens with zero attached hydrogens (tertiary/aromatic N) is 4. The number of amides is 2. The standard InChI is InChI=1S/C12H15N5O3/c1-16(2)12(20)13-6-7-17-10-8(11(18)19)4-3-5-9(10)14-15-17/h3-5H,6-7H2,1-2H3,(H,13,20)(H,18,19). The van der Waals surface area contributed by atoms with Gasteiger partial charge in [-0.3, -0.25) is 0 Å². The lowest BCUT2D eigenvalue weighted by molar-refractivity contribution is 0.0698. The summed E-state index contributed by atoms with van der Waals surface area (Å²) in [6.45, 7) is 0.684. The van der Waals surface area contributed by atoms with Crippen LogP contribution in [-0.4, -0.2) is 57.6 Å². The van der Waals surface area contributed by atoms with Crippen molar-refractivity contribution in [3.05, 3.63) is 23.8 Å². The number of urea groups is 1. The molecule has 1 aromatic heterocycles. The molecule has 1 aromatic carbocycles. The van der Waals surface area contributed by atoms with Crippen molar-refractivity contribution in [2.45, 2.75) is 6.54 Å². The number of aromatic nitrogens is 3. The molecule has 2 amide bonds. The molecule has 0 aliphatic carbocycles. The molecule has 0 atom stereocenters. The average Bonchev–Trinajstić information content (AvgIpc) is 2.81. The van der Waals surface area contributed by atoms with Crippen LogP contribution < -0.4 is 5.32 Å². The summed E-state index contributed by atoms with van der Waals surface area (Å²) in [6.07, 6.45) is 0. The molecule has 2 aromatic rings. The third kappa shape index (κ3) is 2.68. The van der Waals surface area contributed by atoms with Crippen molar-refractivity contribution in [1.82, 2.24) is 25.2 Å². The minimum Gasteiger partial charge on any atom is -0.478 e. The van der Waals surface area contributed by atoms with Gasteiger partial charge in [0.05, 0.1) is 12.1 Å². The summed E-state index contributed by atoms with van der Waals surface area (Å²) in [5, 5.41) is 19.7. The first-order valence-electron chi connectivity index (χ1n) is 6.01. The monoisotopic (exact) mass is 277 g/mol. The van der Waals surface area contributed by atoms with Crippen molar-refractivity contribution in [3.8, 4) is 0 Å². The minimum atomic E-state index is -1.03. The van der Waals surface area contributed by atoms with Crippen molar-refractivity contribution < 1.29 is 14.7 Å². The molecule has 0 unspecified atom stereocenters. The Morgan fingerprint density at radius 1 is 1.40 bits per heavy atom. The fourth-order valence-electron chi connectivity index (χ4n) is 1.79. The fraction of sp³-hybridized carbons (Fsp3) is 0.333. The van der Waals surface area contributed by atoms with E-state index in [4.69, 9.17) is 5.11 Å². The van der Waals surface area contributed by atoms with Crippen molar-refractivity contribution in [1.29, 1.82) is 0 Å². The Morgan fingerprint density at radius 2 is 2.15 bits per heavy atom. The van der Waals surface area contributed by atoms with E-state index in [0.717, 1.165) is 0 Å². The van der Waals surface area contributed by atoms with E-state index >= 15 is 0 Å². The van der Waals surface area contributed by atoms with E-state index in [-0.39, 0.29) is 11.6 Å². The van der Waals surface area contributed by atoms with Crippen LogP contribution in [0, 0.1) is 0 Å². The van der Waals surface area contributed by atoms with Gasteiger partial charge in [0, 0.05) is 20.6 Å². The van der Waals surface area contributed by atoms with Gasteiger partial charge in [-0.25, -0.2) is 14.3 Å². The highest BCUT2D eigenvalue weighted by Crippen LogP contribution is 2.16. The number of nitrogens with one attached hydrogen (secondary N) is 1. The zero-order valence-electron chi connectivity index (χ0n) is 11.2. The van der Waals surface area contributed by atoms with E-state index in [1.165, 1.54) is 15.6 Å². The zero-order valence-corrected chi connectivity index (χ0v) is 11.2.